The number of thioether (sulfide) groups is 1. The average molecular weight is 300 g/mol. The van der Waals surface area contributed by atoms with Crippen molar-refractivity contribution in [3.63, 3.8) is 0 Å². The SMILES string of the molecule is CSC1CCCC(NC2CC(OCC(C)C)C2(C)C)C1. The summed E-state index contributed by atoms with van der Waals surface area (Å²) in [5.74, 6) is 0.637. The van der Waals surface area contributed by atoms with Gasteiger partial charge in [-0.25, -0.2) is 0 Å². The lowest BCUT2D eigenvalue weighted by Crippen LogP contribution is -2.63. The molecule has 1 N–H and O–H groups in total. The van der Waals surface area contributed by atoms with Crippen molar-refractivity contribution in [2.45, 2.75) is 83.2 Å². The third kappa shape index (κ3) is 3.92. The van der Waals surface area contributed by atoms with Gasteiger partial charge in [-0.1, -0.05) is 34.1 Å². The molecule has 0 saturated heterocycles. The second kappa shape index (κ2) is 7.02. The largest absolute Gasteiger partial charge is 0.377 e. The van der Waals surface area contributed by atoms with Crippen LogP contribution in [0, 0.1) is 11.3 Å². The van der Waals surface area contributed by atoms with Crippen LogP contribution in [-0.2, 0) is 4.74 Å². The van der Waals surface area contributed by atoms with Gasteiger partial charge in [0.2, 0.25) is 0 Å². The third-order valence-corrected chi connectivity index (χ3v) is 6.30. The molecule has 0 aromatic rings. The fourth-order valence-electron chi connectivity index (χ4n) is 3.55. The predicted octanol–water partition coefficient (Wildman–Crippen LogP) is 4.09. The molecule has 2 aliphatic carbocycles. The van der Waals surface area contributed by atoms with Crippen molar-refractivity contribution in [1.29, 1.82) is 0 Å². The monoisotopic (exact) mass is 299 g/mol. The molecule has 0 amide bonds. The van der Waals surface area contributed by atoms with E-state index in [-0.39, 0.29) is 0 Å². The maximum absolute atomic E-state index is 6.07. The molecular formula is C17H33NOS. The van der Waals surface area contributed by atoms with Gasteiger partial charge in [0.25, 0.3) is 0 Å². The van der Waals surface area contributed by atoms with E-state index in [4.69, 9.17) is 4.74 Å². The first-order valence-corrected chi connectivity index (χ1v) is 9.62. The molecule has 0 aromatic heterocycles. The fraction of sp³-hybridized carbons (Fsp3) is 1.00. The molecule has 3 heteroatoms. The van der Waals surface area contributed by atoms with Crippen molar-refractivity contribution in [3.8, 4) is 0 Å². The number of nitrogens with one attached hydrogen (secondary N) is 1. The molecule has 0 radical (unpaired) electrons. The fourth-order valence-corrected chi connectivity index (χ4v) is 4.38. The Balaban J connectivity index is 1.77. The lowest BCUT2D eigenvalue weighted by molar-refractivity contribution is -0.126. The van der Waals surface area contributed by atoms with Crippen LogP contribution in [0.3, 0.4) is 0 Å². The highest BCUT2D eigenvalue weighted by molar-refractivity contribution is 7.99. The molecule has 4 atom stereocenters. The number of ether oxygens (including phenoxy) is 1. The maximum atomic E-state index is 6.07. The van der Waals surface area contributed by atoms with Crippen molar-refractivity contribution in [1.82, 2.24) is 5.32 Å². The van der Waals surface area contributed by atoms with Crippen molar-refractivity contribution < 1.29 is 4.74 Å². The van der Waals surface area contributed by atoms with Gasteiger partial charge in [-0.3, -0.25) is 0 Å². The van der Waals surface area contributed by atoms with E-state index in [0.29, 0.717) is 23.5 Å². The van der Waals surface area contributed by atoms with E-state index in [2.05, 4.69) is 39.3 Å². The zero-order valence-electron chi connectivity index (χ0n) is 13.9. The summed E-state index contributed by atoms with van der Waals surface area (Å²) in [6, 6.07) is 1.38. The Kier molecular flexibility index (Phi) is 5.84. The minimum Gasteiger partial charge on any atom is -0.377 e. The molecule has 0 bridgehead atoms. The number of hydrogen-bond acceptors (Lipinski definition) is 3. The van der Waals surface area contributed by atoms with Gasteiger partial charge < -0.3 is 10.1 Å². The molecule has 2 aliphatic rings. The Morgan fingerprint density at radius 2 is 2.00 bits per heavy atom. The first kappa shape index (κ1) is 16.6. The Labute approximate surface area is 129 Å². The van der Waals surface area contributed by atoms with Gasteiger partial charge in [-0.15, -0.1) is 0 Å². The van der Waals surface area contributed by atoms with Crippen molar-refractivity contribution in [2.75, 3.05) is 12.9 Å². The van der Waals surface area contributed by atoms with Crippen LogP contribution < -0.4 is 5.32 Å². The summed E-state index contributed by atoms with van der Waals surface area (Å²) in [6.45, 7) is 10.1. The quantitative estimate of drug-likeness (QED) is 0.798. The number of rotatable bonds is 6. The zero-order chi connectivity index (χ0) is 14.8. The van der Waals surface area contributed by atoms with E-state index >= 15 is 0 Å². The van der Waals surface area contributed by atoms with Crippen LogP contribution in [0.15, 0.2) is 0 Å². The standard InChI is InChI=1S/C17H33NOS/c1-12(2)11-19-16-10-15(17(16,3)4)18-13-7-6-8-14(9-13)20-5/h12-16,18H,6-11H2,1-5H3. The molecule has 0 spiro atoms. The van der Waals surface area contributed by atoms with Crippen LogP contribution in [0.2, 0.25) is 0 Å². The highest BCUT2D eigenvalue weighted by atomic mass is 32.2. The number of hydrogen-bond donors (Lipinski definition) is 1. The average Bonchev–Trinajstić information content (AvgIpc) is 2.42. The van der Waals surface area contributed by atoms with E-state index in [1.807, 2.05) is 11.8 Å². The smallest absolute Gasteiger partial charge is 0.0656 e. The first-order chi connectivity index (χ1) is 9.43. The summed E-state index contributed by atoms with van der Waals surface area (Å²) in [5.41, 5.74) is 0.293. The molecule has 0 heterocycles. The lowest BCUT2D eigenvalue weighted by Gasteiger charge is -2.53. The second-order valence-corrected chi connectivity index (χ2v) is 8.85. The summed E-state index contributed by atoms with van der Waals surface area (Å²) >= 11 is 2.05. The van der Waals surface area contributed by atoms with Crippen molar-refractivity contribution in [2.24, 2.45) is 11.3 Å². The van der Waals surface area contributed by atoms with Gasteiger partial charge in [0.05, 0.1) is 6.10 Å². The highest BCUT2D eigenvalue weighted by Gasteiger charge is 2.49. The first-order valence-electron chi connectivity index (χ1n) is 8.34. The Hall–Kier alpha value is 0.270. The van der Waals surface area contributed by atoms with Gasteiger partial charge in [0.1, 0.15) is 0 Å². The summed E-state index contributed by atoms with van der Waals surface area (Å²) in [4.78, 5) is 0. The van der Waals surface area contributed by atoms with Crippen LogP contribution in [0.5, 0.6) is 0 Å². The van der Waals surface area contributed by atoms with Crippen LogP contribution in [0.1, 0.15) is 59.8 Å². The molecule has 118 valence electrons. The maximum Gasteiger partial charge on any atom is 0.0656 e. The molecule has 4 unspecified atom stereocenters. The Morgan fingerprint density at radius 1 is 1.25 bits per heavy atom. The molecule has 2 rings (SSSR count). The van der Waals surface area contributed by atoms with E-state index in [1.54, 1.807) is 0 Å². The minimum atomic E-state index is 0.293. The van der Waals surface area contributed by atoms with Gasteiger partial charge in [-0.2, -0.15) is 11.8 Å². The van der Waals surface area contributed by atoms with E-state index in [9.17, 15) is 0 Å². The topological polar surface area (TPSA) is 21.3 Å². The molecule has 20 heavy (non-hydrogen) atoms. The van der Waals surface area contributed by atoms with E-state index < -0.39 is 0 Å². The van der Waals surface area contributed by atoms with Gasteiger partial charge in [0.15, 0.2) is 0 Å². The molecule has 0 aromatic carbocycles. The normalized spacial score (nSPS) is 36.9. The van der Waals surface area contributed by atoms with Crippen molar-refractivity contribution in [3.05, 3.63) is 0 Å². The van der Waals surface area contributed by atoms with Crippen LogP contribution in [-0.4, -0.2) is 36.3 Å². The molecule has 0 aliphatic heterocycles. The van der Waals surface area contributed by atoms with Gasteiger partial charge >= 0.3 is 0 Å². The van der Waals surface area contributed by atoms with Crippen LogP contribution >= 0.6 is 11.8 Å². The zero-order valence-corrected chi connectivity index (χ0v) is 14.8. The summed E-state index contributed by atoms with van der Waals surface area (Å²) < 4.78 is 6.07. The molecule has 2 fully saturated rings. The van der Waals surface area contributed by atoms with Gasteiger partial charge in [-0.05, 0) is 37.9 Å². The van der Waals surface area contributed by atoms with Crippen molar-refractivity contribution >= 4 is 11.8 Å². The summed E-state index contributed by atoms with van der Waals surface area (Å²) in [6.07, 6.45) is 9.42. The summed E-state index contributed by atoms with van der Waals surface area (Å²) in [5, 5.41) is 4.81. The predicted molar refractivity (Wildman–Crippen MR) is 89.5 cm³/mol. The Bertz CT molecular complexity index is 305. The summed E-state index contributed by atoms with van der Waals surface area (Å²) in [7, 11) is 0. The highest BCUT2D eigenvalue weighted by Crippen LogP contribution is 2.44. The molecular weight excluding hydrogens is 266 g/mol. The molecule has 2 saturated carbocycles. The van der Waals surface area contributed by atoms with Gasteiger partial charge in [0, 0.05) is 29.4 Å². The van der Waals surface area contributed by atoms with Crippen LogP contribution in [0.25, 0.3) is 0 Å². The van der Waals surface area contributed by atoms with Crippen LogP contribution in [0.4, 0.5) is 0 Å². The second-order valence-electron chi connectivity index (χ2n) is 7.71. The minimum absolute atomic E-state index is 0.293. The Morgan fingerprint density at radius 3 is 2.60 bits per heavy atom. The third-order valence-electron chi connectivity index (χ3n) is 5.20. The van der Waals surface area contributed by atoms with E-state index in [1.165, 1.54) is 32.1 Å². The lowest BCUT2D eigenvalue weighted by atomic mass is 9.64. The molecule has 2 nitrogen and oxygen atoms in total. The van der Waals surface area contributed by atoms with E-state index in [0.717, 1.165) is 17.9 Å².